The van der Waals surface area contributed by atoms with Crippen LogP contribution in [-0.2, 0) is 0 Å². The summed E-state index contributed by atoms with van der Waals surface area (Å²) in [5, 5.41) is 9.14. The Bertz CT molecular complexity index is 701. The van der Waals surface area contributed by atoms with E-state index in [1.165, 1.54) is 0 Å². The van der Waals surface area contributed by atoms with Gasteiger partial charge in [-0.05, 0) is 0 Å². The van der Waals surface area contributed by atoms with Crippen molar-refractivity contribution in [2.75, 3.05) is 0 Å². The topological polar surface area (TPSA) is 49.6 Å². The molecule has 1 heterocycles. The van der Waals surface area contributed by atoms with Crippen molar-refractivity contribution in [1.82, 2.24) is 9.97 Å². The molecule has 0 aliphatic carbocycles. The highest BCUT2D eigenvalue weighted by Gasteiger charge is 2.07. The van der Waals surface area contributed by atoms with Crippen LogP contribution in [0.25, 0.3) is 22.6 Å². The number of benzene rings is 2. The molecule has 0 amide bonds. The molecule has 0 fully saturated rings. The fourth-order valence-corrected chi connectivity index (χ4v) is 1.98. The van der Waals surface area contributed by atoms with Crippen molar-refractivity contribution in [2.24, 2.45) is 0 Å². The molecule has 0 saturated heterocycles. The molecule has 0 saturated carbocycles. The first kappa shape index (κ1) is 12.1. The minimum atomic E-state index is 0.373. The first-order valence-electron chi connectivity index (χ1n) is 6.27. The van der Waals surface area contributed by atoms with Crippen LogP contribution in [0.5, 0.6) is 0 Å². The van der Waals surface area contributed by atoms with Crippen LogP contribution >= 0.6 is 0 Å². The molecule has 3 nitrogen and oxygen atoms in total. The molecule has 0 spiro atoms. The maximum atomic E-state index is 9.14. The average molecular weight is 257 g/mol. The van der Waals surface area contributed by atoms with E-state index in [0.29, 0.717) is 11.5 Å². The van der Waals surface area contributed by atoms with E-state index >= 15 is 0 Å². The van der Waals surface area contributed by atoms with Gasteiger partial charge in [0, 0.05) is 17.2 Å². The molecular formula is C17H11N3. The zero-order valence-electron chi connectivity index (χ0n) is 10.7. The van der Waals surface area contributed by atoms with Crippen LogP contribution < -0.4 is 0 Å². The Morgan fingerprint density at radius 1 is 0.750 bits per heavy atom. The van der Waals surface area contributed by atoms with Crippen molar-refractivity contribution in [3.63, 3.8) is 0 Å². The lowest BCUT2D eigenvalue weighted by Gasteiger charge is -2.05. The van der Waals surface area contributed by atoms with Crippen LogP contribution in [0.15, 0.2) is 66.7 Å². The van der Waals surface area contributed by atoms with Crippen molar-refractivity contribution in [2.45, 2.75) is 0 Å². The third-order valence-corrected chi connectivity index (χ3v) is 2.94. The van der Waals surface area contributed by atoms with E-state index in [4.69, 9.17) is 5.26 Å². The normalized spacial score (nSPS) is 9.95. The van der Waals surface area contributed by atoms with E-state index in [-0.39, 0.29) is 0 Å². The maximum Gasteiger partial charge on any atom is 0.161 e. The largest absolute Gasteiger partial charge is 0.228 e. The summed E-state index contributed by atoms with van der Waals surface area (Å²) < 4.78 is 0. The number of rotatable bonds is 2. The Morgan fingerprint density at radius 2 is 1.35 bits per heavy atom. The SMILES string of the molecule is N#Cc1cc(-c2ccccc2)nc(-c2ccccc2)n1. The second kappa shape index (κ2) is 5.33. The van der Waals surface area contributed by atoms with Crippen molar-refractivity contribution in [3.8, 4) is 28.7 Å². The Labute approximate surface area is 117 Å². The fraction of sp³-hybridized carbons (Fsp3) is 0. The van der Waals surface area contributed by atoms with E-state index in [1.54, 1.807) is 6.07 Å². The Balaban J connectivity index is 2.16. The van der Waals surface area contributed by atoms with Crippen molar-refractivity contribution < 1.29 is 0 Å². The molecule has 1 aromatic heterocycles. The molecule has 0 aliphatic rings. The third-order valence-electron chi connectivity index (χ3n) is 2.94. The van der Waals surface area contributed by atoms with Crippen LogP contribution in [0.4, 0.5) is 0 Å². The molecule has 0 aliphatic heterocycles. The smallest absolute Gasteiger partial charge is 0.161 e. The zero-order chi connectivity index (χ0) is 13.8. The van der Waals surface area contributed by atoms with Crippen molar-refractivity contribution >= 4 is 0 Å². The van der Waals surface area contributed by atoms with Gasteiger partial charge in [-0.2, -0.15) is 5.26 Å². The van der Waals surface area contributed by atoms with Gasteiger partial charge in [0.1, 0.15) is 11.8 Å². The second-order valence-corrected chi connectivity index (χ2v) is 4.31. The number of hydrogen-bond acceptors (Lipinski definition) is 3. The predicted octanol–water partition coefficient (Wildman–Crippen LogP) is 3.68. The molecule has 3 heteroatoms. The number of hydrogen-bond donors (Lipinski definition) is 0. The van der Waals surface area contributed by atoms with Gasteiger partial charge >= 0.3 is 0 Å². The van der Waals surface area contributed by atoms with E-state index < -0.39 is 0 Å². The van der Waals surface area contributed by atoms with Gasteiger partial charge in [0.15, 0.2) is 5.82 Å². The van der Waals surface area contributed by atoms with Crippen LogP contribution in [0.3, 0.4) is 0 Å². The lowest BCUT2D eigenvalue weighted by atomic mass is 10.1. The molecule has 94 valence electrons. The first-order valence-corrected chi connectivity index (χ1v) is 6.27. The average Bonchev–Trinajstić information content (AvgIpc) is 2.56. The minimum absolute atomic E-state index is 0.373. The third kappa shape index (κ3) is 2.40. The highest BCUT2D eigenvalue weighted by atomic mass is 14.9. The van der Waals surface area contributed by atoms with E-state index in [2.05, 4.69) is 16.0 Å². The standard InChI is InChI=1S/C17H11N3/c18-12-15-11-16(13-7-3-1-4-8-13)20-17(19-15)14-9-5-2-6-10-14/h1-11H. The van der Waals surface area contributed by atoms with Crippen molar-refractivity contribution in [3.05, 3.63) is 72.4 Å². The predicted molar refractivity (Wildman–Crippen MR) is 77.6 cm³/mol. The van der Waals surface area contributed by atoms with Gasteiger partial charge in [-0.1, -0.05) is 60.7 Å². The molecule has 0 bridgehead atoms. The van der Waals surface area contributed by atoms with Gasteiger partial charge in [0.2, 0.25) is 0 Å². The molecule has 20 heavy (non-hydrogen) atoms. The Morgan fingerprint density at radius 3 is 1.95 bits per heavy atom. The lowest BCUT2D eigenvalue weighted by molar-refractivity contribution is 1.15. The van der Waals surface area contributed by atoms with Crippen LogP contribution in [0.2, 0.25) is 0 Å². The van der Waals surface area contributed by atoms with E-state index in [1.807, 2.05) is 60.7 Å². The van der Waals surface area contributed by atoms with Crippen LogP contribution in [0, 0.1) is 11.3 Å². The van der Waals surface area contributed by atoms with Crippen molar-refractivity contribution in [1.29, 1.82) is 5.26 Å². The Kier molecular flexibility index (Phi) is 3.22. The number of nitriles is 1. The van der Waals surface area contributed by atoms with E-state index in [9.17, 15) is 0 Å². The number of nitrogens with zero attached hydrogens (tertiary/aromatic N) is 3. The molecule has 0 unspecified atom stereocenters. The first-order chi connectivity index (χ1) is 9.86. The molecule has 0 radical (unpaired) electrons. The van der Waals surface area contributed by atoms with Gasteiger partial charge in [-0.25, -0.2) is 9.97 Å². The zero-order valence-corrected chi connectivity index (χ0v) is 10.7. The minimum Gasteiger partial charge on any atom is -0.228 e. The molecule has 3 aromatic rings. The molecule has 0 N–H and O–H groups in total. The molecular weight excluding hydrogens is 246 g/mol. The molecule has 2 aromatic carbocycles. The quantitative estimate of drug-likeness (QED) is 0.703. The summed E-state index contributed by atoms with van der Waals surface area (Å²) in [6.45, 7) is 0. The monoisotopic (exact) mass is 257 g/mol. The van der Waals surface area contributed by atoms with Gasteiger partial charge in [0.25, 0.3) is 0 Å². The summed E-state index contributed by atoms with van der Waals surface area (Å²) in [6.07, 6.45) is 0. The lowest BCUT2D eigenvalue weighted by Crippen LogP contribution is -1.95. The maximum absolute atomic E-state index is 9.14. The summed E-state index contributed by atoms with van der Waals surface area (Å²) in [5.41, 5.74) is 3.01. The van der Waals surface area contributed by atoms with Crippen LogP contribution in [-0.4, -0.2) is 9.97 Å². The van der Waals surface area contributed by atoms with Crippen LogP contribution in [0.1, 0.15) is 5.69 Å². The summed E-state index contributed by atoms with van der Waals surface area (Å²) in [4.78, 5) is 8.84. The summed E-state index contributed by atoms with van der Waals surface area (Å²) in [6, 6.07) is 23.3. The summed E-state index contributed by atoms with van der Waals surface area (Å²) in [7, 11) is 0. The summed E-state index contributed by atoms with van der Waals surface area (Å²) in [5.74, 6) is 0.573. The van der Waals surface area contributed by atoms with Gasteiger partial charge in [-0.3, -0.25) is 0 Å². The second-order valence-electron chi connectivity index (χ2n) is 4.31. The molecule has 3 rings (SSSR count). The van der Waals surface area contributed by atoms with Gasteiger partial charge < -0.3 is 0 Å². The summed E-state index contributed by atoms with van der Waals surface area (Å²) >= 11 is 0. The molecule has 0 atom stereocenters. The van der Waals surface area contributed by atoms with Gasteiger partial charge in [-0.15, -0.1) is 0 Å². The van der Waals surface area contributed by atoms with E-state index in [0.717, 1.165) is 16.8 Å². The number of aromatic nitrogens is 2. The highest BCUT2D eigenvalue weighted by molar-refractivity contribution is 5.64. The van der Waals surface area contributed by atoms with Gasteiger partial charge in [0.05, 0.1) is 5.69 Å². The highest BCUT2D eigenvalue weighted by Crippen LogP contribution is 2.21. The Hall–Kier alpha value is -2.99. The fourth-order valence-electron chi connectivity index (χ4n) is 1.98.